The van der Waals surface area contributed by atoms with Gasteiger partial charge in [-0.3, -0.25) is 4.90 Å². The van der Waals surface area contributed by atoms with Crippen molar-refractivity contribution in [3.63, 3.8) is 0 Å². The monoisotopic (exact) mass is 225 g/mol. The van der Waals surface area contributed by atoms with Crippen LogP contribution in [0.3, 0.4) is 0 Å². The average molecular weight is 225 g/mol. The van der Waals surface area contributed by atoms with Crippen LogP contribution in [0, 0.1) is 5.92 Å². The number of rotatable bonds is 3. The van der Waals surface area contributed by atoms with Crippen molar-refractivity contribution in [2.45, 2.75) is 25.8 Å². The number of aliphatic hydroxyl groups is 1. The Balaban J connectivity index is 1.98. The second-order valence-electron chi connectivity index (χ2n) is 4.38. The number of piperidine rings is 1. The Morgan fingerprint density at radius 2 is 2.53 bits per heavy atom. The SMILES string of the molecule is C[C@H](c1cccs1)N1CCC[C@@H](CO)C1. The Labute approximate surface area is 95.5 Å². The predicted octanol–water partition coefficient (Wildman–Crippen LogP) is 2.51. The molecular formula is C12H19NOS. The number of thiophene rings is 1. The maximum absolute atomic E-state index is 9.20. The first kappa shape index (κ1) is 11.1. The molecule has 0 amide bonds. The van der Waals surface area contributed by atoms with E-state index in [9.17, 15) is 5.11 Å². The molecule has 2 nitrogen and oxygen atoms in total. The molecule has 84 valence electrons. The second kappa shape index (κ2) is 5.10. The van der Waals surface area contributed by atoms with Gasteiger partial charge in [0.1, 0.15) is 0 Å². The Morgan fingerprint density at radius 1 is 1.67 bits per heavy atom. The quantitative estimate of drug-likeness (QED) is 0.854. The lowest BCUT2D eigenvalue weighted by atomic mass is 9.97. The van der Waals surface area contributed by atoms with E-state index in [0.717, 1.165) is 6.54 Å². The van der Waals surface area contributed by atoms with Crippen molar-refractivity contribution in [3.8, 4) is 0 Å². The van der Waals surface area contributed by atoms with Gasteiger partial charge in [-0.2, -0.15) is 0 Å². The summed E-state index contributed by atoms with van der Waals surface area (Å²) in [6, 6.07) is 4.83. The highest BCUT2D eigenvalue weighted by Gasteiger charge is 2.24. The zero-order chi connectivity index (χ0) is 10.7. The molecule has 1 N–H and O–H groups in total. The first-order valence-electron chi connectivity index (χ1n) is 5.69. The first-order valence-corrected chi connectivity index (χ1v) is 6.57. The maximum Gasteiger partial charge on any atom is 0.0471 e. The summed E-state index contributed by atoms with van der Waals surface area (Å²) >= 11 is 1.83. The molecule has 3 heteroatoms. The third kappa shape index (κ3) is 2.60. The summed E-state index contributed by atoms with van der Waals surface area (Å²) in [6.45, 7) is 4.84. The van der Waals surface area contributed by atoms with Crippen LogP contribution >= 0.6 is 11.3 Å². The molecule has 2 atom stereocenters. The Morgan fingerprint density at radius 3 is 3.20 bits per heavy atom. The van der Waals surface area contributed by atoms with E-state index >= 15 is 0 Å². The Hall–Kier alpha value is -0.380. The highest BCUT2D eigenvalue weighted by Crippen LogP contribution is 2.28. The fourth-order valence-corrected chi connectivity index (χ4v) is 3.12. The molecule has 1 fully saturated rings. The summed E-state index contributed by atoms with van der Waals surface area (Å²) < 4.78 is 0. The minimum Gasteiger partial charge on any atom is -0.396 e. The third-order valence-corrected chi connectivity index (χ3v) is 4.35. The number of likely N-dealkylation sites (tertiary alicyclic amines) is 1. The molecule has 15 heavy (non-hydrogen) atoms. The molecule has 0 bridgehead atoms. The normalized spacial score (nSPS) is 25.3. The van der Waals surface area contributed by atoms with E-state index in [2.05, 4.69) is 29.3 Å². The van der Waals surface area contributed by atoms with E-state index in [0.29, 0.717) is 18.6 Å². The Kier molecular flexibility index (Phi) is 3.78. The van der Waals surface area contributed by atoms with Crippen LogP contribution in [-0.4, -0.2) is 29.7 Å². The van der Waals surface area contributed by atoms with Crippen molar-refractivity contribution in [1.82, 2.24) is 4.90 Å². The van der Waals surface area contributed by atoms with Crippen LogP contribution in [-0.2, 0) is 0 Å². The predicted molar refractivity (Wildman–Crippen MR) is 64.1 cm³/mol. The largest absolute Gasteiger partial charge is 0.396 e. The van der Waals surface area contributed by atoms with E-state index < -0.39 is 0 Å². The summed E-state index contributed by atoms with van der Waals surface area (Å²) in [5.41, 5.74) is 0. The van der Waals surface area contributed by atoms with Crippen LogP contribution in [0.2, 0.25) is 0 Å². The van der Waals surface area contributed by atoms with Gasteiger partial charge >= 0.3 is 0 Å². The van der Waals surface area contributed by atoms with Crippen molar-refractivity contribution in [2.24, 2.45) is 5.92 Å². The van der Waals surface area contributed by atoms with Gasteiger partial charge in [-0.1, -0.05) is 6.07 Å². The molecule has 1 saturated heterocycles. The van der Waals surface area contributed by atoms with E-state index in [1.807, 2.05) is 11.3 Å². The fourth-order valence-electron chi connectivity index (χ4n) is 2.31. The van der Waals surface area contributed by atoms with Crippen LogP contribution < -0.4 is 0 Å². The minimum atomic E-state index is 0.341. The third-order valence-electron chi connectivity index (χ3n) is 3.31. The van der Waals surface area contributed by atoms with Gasteiger partial charge in [-0.05, 0) is 43.7 Å². The standard InChI is InChI=1S/C12H19NOS/c1-10(12-5-3-7-15-12)13-6-2-4-11(8-13)9-14/h3,5,7,10-11,14H,2,4,6,8-9H2,1H3/t10-,11-/m1/s1. The summed E-state index contributed by atoms with van der Waals surface area (Å²) in [4.78, 5) is 3.93. The fraction of sp³-hybridized carbons (Fsp3) is 0.667. The number of hydrogen-bond donors (Lipinski definition) is 1. The van der Waals surface area contributed by atoms with Gasteiger partial charge in [0.05, 0.1) is 0 Å². The number of nitrogens with zero attached hydrogens (tertiary/aromatic N) is 1. The lowest BCUT2D eigenvalue weighted by Gasteiger charge is -2.35. The topological polar surface area (TPSA) is 23.5 Å². The maximum atomic E-state index is 9.20. The van der Waals surface area contributed by atoms with E-state index in [4.69, 9.17) is 0 Å². The van der Waals surface area contributed by atoms with Gasteiger partial charge in [0.2, 0.25) is 0 Å². The molecule has 2 heterocycles. The number of aliphatic hydroxyl groups excluding tert-OH is 1. The van der Waals surface area contributed by atoms with Crippen LogP contribution in [0.15, 0.2) is 17.5 Å². The molecule has 1 aromatic heterocycles. The summed E-state index contributed by atoms with van der Waals surface area (Å²) in [7, 11) is 0. The van der Waals surface area contributed by atoms with E-state index in [1.165, 1.54) is 24.3 Å². The summed E-state index contributed by atoms with van der Waals surface area (Å²) in [5.74, 6) is 0.487. The molecule has 0 aromatic carbocycles. The Bertz CT molecular complexity index is 286. The molecule has 0 unspecified atom stereocenters. The molecule has 0 spiro atoms. The van der Waals surface area contributed by atoms with Gasteiger partial charge in [0.15, 0.2) is 0 Å². The van der Waals surface area contributed by atoms with Crippen molar-refractivity contribution in [3.05, 3.63) is 22.4 Å². The van der Waals surface area contributed by atoms with Crippen molar-refractivity contribution >= 4 is 11.3 Å². The van der Waals surface area contributed by atoms with Gasteiger partial charge in [0, 0.05) is 24.1 Å². The molecule has 1 aliphatic rings. The van der Waals surface area contributed by atoms with Gasteiger partial charge in [-0.15, -0.1) is 11.3 Å². The number of hydrogen-bond acceptors (Lipinski definition) is 3. The van der Waals surface area contributed by atoms with Gasteiger partial charge in [-0.25, -0.2) is 0 Å². The lowest BCUT2D eigenvalue weighted by molar-refractivity contribution is 0.0947. The molecule has 1 aliphatic heterocycles. The van der Waals surface area contributed by atoms with Crippen molar-refractivity contribution < 1.29 is 5.11 Å². The van der Waals surface area contributed by atoms with E-state index in [1.54, 1.807) is 0 Å². The zero-order valence-corrected chi connectivity index (χ0v) is 10.0. The zero-order valence-electron chi connectivity index (χ0n) is 9.22. The van der Waals surface area contributed by atoms with Crippen LogP contribution in [0.25, 0.3) is 0 Å². The molecule has 0 radical (unpaired) electrons. The second-order valence-corrected chi connectivity index (χ2v) is 5.36. The average Bonchev–Trinajstić information content (AvgIpc) is 2.81. The smallest absolute Gasteiger partial charge is 0.0471 e. The van der Waals surface area contributed by atoms with Crippen molar-refractivity contribution in [1.29, 1.82) is 0 Å². The molecular weight excluding hydrogens is 206 g/mol. The van der Waals surface area contributed by atoms with Crippen molar-refractivity contribution in [2.75, 3.05) is 19.7 Å². The van der Waals surface area contributed by atoms with Gasteiger partial charge in [0.25, 0.3) is 0 Å². The van der Waals surface area contributed by atoms with E-state index in [-0.39, 0.29) is 0 Å². The summed E-state index contributed by atoms with van der Waals surface area (Å²) in [6.07, 6.45) is 2.41. The highest BCUT2D eigenvalue weighted by atomic mass is 32.1. The van der Waals surface area contributed by atoms with Crippen LogP contribution in [0.4, 0.5) is 0 Å². The van der Waals surface area contributed by atoms with Crippen LogP contribution in [0.5, 0.6) is 0 Å². The molecule has 2 rings (SSSR count). The summed E-state index contributed by atoms with van der Waals surface area (Å²) in [5, 5.41) is 11.3. The molecule has 0 saturated carbocycles. The van der Waals surface area contributed by atoms with Crippen LogP contribution in [0.1, 0.15) is 30.7 Å². The molecule has 0 aliphatic carbocycles. The highest BCUT2D eigenvalue weighted by molar-refractivity contribution is 7.10. The van der Waals surface area contributed by atoms with Gasteiger partial charge < -0.3 is 5.11 Å². The molecule has 1 aromatic rings. The first-order chi connectivity index (χ1) is 7.31. The minimum absolute atomic E-state index is 0.341. The lowest BCUT2D eigenvalue weighted by Crippen LogP contribution is -2.38.